The zero-order chi connectivity index (χ0) is 19.6. The molecule has 0 saturated heterocycles. The molecule has 0 bridgehead atoms. The van der Waals surface area contributed by atoms with Gasteiger partial charge in [0.2, 0.25) is 5.91 Å². The van der Waals surface area contributed by atoms with Crippen molar-refractivity contribution < 1.29 is 14.3 Å². The molecule has 2 aromatic rings. The molecule has 0 aliphatic rings. The average Bonchev–Trinajstić information content (AvgIpc) is 2.68. The van der Waals surface area contributed by atoms with Gasteiger partial charge in [0.1, 0.15) is 18.1 Å². The first-order chi connectivity index (χ1) is 13.1. The molecule has 0 aliphatic carbocycles. The van der Waals surface area contributed by atoms with Crippen LogP contribution in [0.4, 0.5) is 5.69 Å². The van der Waals surface area contributed by atoms with Gasteiger partial charge in [-0.15, -0.1) is 0 Å². The Kier molecular flexibility index (Phi) is 8.14. The van der Waals surface area contributed by atoms with Gasteiger partial charge in [0.05, 0.1) is 13.7 Å². The summed E-state index contributed by atoms with van der Waals surface area (Å²) in [5.41, 5.74) is 3.32. The van der Waals surface area contributed by atoms with Crippen molar-refractivity contribution in [3.63, 3.8) is 0 Å². The highest BCUT2D eigenvalue weighted by Gasteiger charge is 2.12. The normalized spacial score (nSPS) is 10.7. The summed E-state index contributed by atoms with van der Waals surface area (Å²) in [6.07, 6.45) is 1.80. The van der Waals surface area contributed by atoms with Gasteiger partial charge in [0.25, 0.3) is 0 Å². The Morgan fingerprint density at radius 3 is 2.15 bits per heavy atom. The molecule has 0 unspecified atom stereocenters. The number of nitrogens with zero attached hydrogens (tertiary/aromatic N) is 1. The molecule has 5 nitrogen and oxygen atoms in total. The Bertz CT molecular complexity index is 707. The van der Waals surface area contributed by atoms with Crippen molar-refractivity contribution in [1.82, 2.24) is 4.90 Å². The van der Waals surface area contributed by atoms with Crippen LogP contribution in [-0.2, 0) is 17.6 Å². The van der Waals surface area contributed by atoms with Crippen LogP contribution >= 0.6 is 0 Å². The molecule has 0 spiro atoms. The van der Waals surface area contributed by atoms with Gasteiger partial charge >= 0.3 is 0 Å². The molecule has 146 valence electrons. The molecule has 1 N–H and O–H groups in total. The second kappa shape index (κ2) is 10.6. The number of carbonyl (C=O) groups excluding carboxylic acids is 1. The SMILES string of the molecule is CCc1cccc(CC)c1NC(=O)CN(C)CCOc1ccc(OC)cc1. The molecule has 0 aromatic heterocycles. The molecule has 0 aliphatic heterocycles. The van der Waals surface area contributed by atoms with Gasteiger partial charge in [-0.3, -0.25) is 9.69 Å². The Labute approximate surface area is 162 Å². The number of ether oxygens (including phenoxy) is 2. The van der Waals surface area contributed by atoms with E-state index in [0.717, 1.165) is 30.0 Å². The van der Waals surface area contributed by atoms with E-state index in [4.69, 9.17) is 9.47 Å². The van der Waals surface area contributed by atoms with Gasteiger partial charge < -0.3 is 14.8 Å². The van der Waals surface area contributed by atoms with Gasteiger partial charge in [-0.05, 0) is 55.3 Å². The lowest BCUT2D eigenvalue weighted by atomic mass is 10.0. The van der Waals surface area contributed by atoms with Crippen LogP contribution in [0.5, 0.6) is 11.5 Å². The summed E-state index contributed by atoms with van der Waals surface area (Å²) in [6, 6.07) is 13.7. The van der Waals surface area contributed by atoms with Gasteiger partial charge in [-0.1, -0.05) is 32.0 Å². The number of amides is 1. The Morgan fingerprint density at radius 1 is 1.00 bits per heavy atom. The molecule has 1 amide bonds. The molecule has 0 radical (unpaired) electrons. The summed E-state index contributed by atoms with van der Waals surface area (Å²) >= 11 is 0. The van der Waals surface area contributed by atoms with Crippen molar-refractivity contribution >= 4 is 11.6 Å². The number of hydrogen-bond donors (Lipinski definition) is 1. The third-order valence-electron chi connectivity index (χ3n) is 4.48. The average molecular weight is 370 g/mol. The number of benzene rings is 2. The van der Waals surface area contributed by atoms with Gasteiger partial charge in [-0.25, -0.2) is 0 Å². The highest BCUT2D eigenvalue weighted by atomic mass is 16.5. The molecule has 0 fully saturated rings. The minimum absolute atomic E-state index is 0.00227. The van der Waals surface area contributed by atoms with Crippen LogP contribution in [0.1, 0.15) is 25.0 Å². The molecule has 2 rings (SSSR count). The molecule has 0 heterocycles. The fourth-order valence-corrected chi connectivity index (χ4v) is 2.90. The number of likely N-dealkylation sites (N-methyl/N-ethyl adjacent to an activating group) is 1. The summed E-state index contributed by atoms with van der Waals surface area (Å²) in [7, 11) is 3.56. The number of para-hydroxylation sites is 1. The van der Waals surface area contributed by atoms with Crippen LogP contribution in [-0.4, -0.2) is 44.7 Å². The largest absolute Gasteiger partial charge is 0.497 e. The standard InChI is InChI=1S/C22H30N2O3/c1-5-17-8-7-9-18(6-2)22(17)23-21(25)16-24(3)14-15-27-20-12-10-19(26-4)11-13-20/h7-13H,5-6,14-16H2,1-4H3,(H,23,25). The first-order valence-electron chi connectivity index (χ1n) is 9.43. The van der Waals surface area contributed by atoms with E-state index in [1.807, 2.05) is 36.2 Å². The van der Waals surface area contributed by atoms with Gasteiger partial charge in [0, 0.05) is 12.2 Å². The lowest BCUT2D eigenvalue weighted by molar-refractivity contribution is -0.117. The predicted molar refractivity (Wildman–Crippen MR) is 110 cm³/mol. The fraction of sp³-hybridized carbons (Fsp3) is 0.409. The quantitative estimate of drug-likeness (QED) is 0.692. The number of anilines is 1. The number of hydrogen-bond acceptors (Lipinski definition) is 4. The maximum absolute atomic E-state index is 12.5. The lowest BCUT2D eigenvalue weighted by Gasteiger charge is -2.19. The molecule has 0 atom stereocenters. The van der Waals surface area contributed by atoms with Crippen LogP contribution in [0.2, 0.25) is 0 Å². The van der Waals surface area contributed by atoms with E-state index in [1.54, 1.807) is 7.11 Å². The Balaban J connectivity index is 1.81. The van der Waals surface area contributed by atoms with Crippen molar-refractivity contribution in [2.24, 2.45) is 0 Å². The lowest BCUT2D eigenvalue weighted by Crippen LogP contribution is -2.33. The number of carbonyl (C=O) groups is 1. The summed E-state index contributed by atoms with van der Waals surface area (Å²) in [6.45, 7) is 5.71. The second-order valence-electron chi connectivity index (χ2n) is 6.47. The van der Waals surface area contributed by atoms with Crippen LogP contribution in [0.15, 0.2) is 42.5 Å². The smallest absolute Gasteiger partial charge is 0.238 e. The minimum Gasteiger partial charge on any atom is -0.497 e. The number of methoxy groups -OCH3 is 1. The zero-order valence-electron chi connectivity index (χ0n) is 16.7. The van der Waals surface area contributed by atoms with E-state index in [-0.39, 0.29) is 5.91 Å². The maximum atomic E-state index is 12.5. The fourth-order valence-electron chi connectivity index (χ4n) is 2.90. The summed E-state index contributed by atoms with van der Waals surface area (Å²) < 4.78 is 10.8. The van der Waals surface area contributed by atoms with E-state index in [1.165, 1.54) is 11.1 Å². The summed E-state index contributed by atoms with van der Waals surface area (Å²) in [5.74, 6) is 1.59. The predicted octanol–water partition coefficient (Wildman–Crippen LogP) is 3.77. The van der Waals surface area contributed by atoms with Crippen molar-refractivity contribution in [3.8, 4) is 11.5 Å². The molecular formula is C22H30N2O3. The van der Waals surface area contributed by atoms with Crippen molar-refractivity contribution in [2.45, 2.75) is 26.7 Å². The zero-order valence-corrected chi connectivity index (χ0v) is 16.7. The molecule has 5 heteroatoms. The first kappa shape index (κ1) is 20.8. The molecule has 0 saturated carbocycles. The van der Waals surface area contributed by atoms with Crippen LogP contribution in [0.3, 0.4) is 0 Å². The van der Waals surface area contributed by atoms with Crippen LogP contribution < -0.4 is 14.8 Å². The summed E-state index contributed by atoms with van der Waals surface area (Å²) in [4.78, 5) is 14.4. The highest BCUT2D eigenvalue weighted by molar-refractivity contribution is 5.93. The Morgan fingerprint density at radius 2 is 1.59 bits per heavy atom. The van der Waals surface area contributed by atoms with E-state index < -0.39 is 0 Å². The topological polar surface area (TPSA) is 50.8 Å². The third-order valence-corrected chi connectivity index (χ3v) is 4.48. The van der Waals surface area contributed by atoms with Gasteiger partial charge in [-0.2, -0.15) is 0 Å². The van der Waals surface area contributed by atoms with Crippen LogP contribution in [0, 0.1) is 0 Å². The van der Waals surface area contributed by atoms with Crippen LogP contribution in [0.25, 0.3) is 0 Å². The maximum Gasteiger partial charge on any atom is 0.238 e. The monoisotopic (exact) mass is 370 g/mol. The van der Waals surface area contributed by atoms with Crippen molar-refractivity contribution in [3.05, 3.63) is 53.6 Å². The number of rotatable bonds is 10. The van der Waals surface area contributed by atoms with Gasteiger partial charge in [0.15, 0.2) is 0 Å². The van der Waals surface area contributed by atoms with E-state index in [2.05, 4.69) is 37.4 Å². The third kappa shape index (κ3) is 6.29. The van der Waals surface area contributed by atoms with E-state index in [0.29, 0.717) is 19.7 Å². The highest BCUT2D eigenvalue weighted by Crippen LogP contribution is 2.22. The van der Waals surface area contributed by atoms with E-state index in [9.17, 15) is 4.79 Å². The van der Waals surface area contributed by atoms with Crippen molar-refractivity contribution in [2.75, 3.05) is 39.2 Å². The first-order valence-corrected chi connectivity index (χ1v) is 9.43. The summed E-state index contributed by atoms with van der Waals surface area (Å²) in [5, 5.41) is 3.10. The second-order valence-corrected chi connectivity index (χ2v) is 6.47. The van der Waals surface area contributed by atoms with E-state index >= 15 is 0 Å². The molecular weight excluding hydrogens is 340 g/mol. The molecule has 2 aromatic carbocycles. The minimum atomic E-state index is -0.00227. The number of aryl methyl sites for hydroxylation is 2. The number of nitrogens with one attached hydrogen (secondary N) is 1. The van der Waals surface area contributed by atoms with Crippen molar-refractivity contribution in [1.29, 1.82) is 0 Å². The molecule has 27 heavy (non-hydrogen) atoms. The Hall–Kier alpha value is -2.53.